The highest BCUT2D eigenvalue weighted by Gasteiger charge is 2.19. The molecule has 6 heteroatoms. The van der Waals surface area contributed by atoms with Crippen molar-refractivity contribution in [3.05, 3.63) is 58.1 Å². The normalized spacial score (nSPS) is 11.3. The van der Waals surface area contributed by atoms with Crippen molar-refractivity contribution in [1.82, 2.24) is 10.2 Å². The maximum atomic E-state index is 11.3. The van der Waals surface area contributed by atoms with Gasteiger partial charge in [0.05, 0.1) is 5.56 Å². The zero-order valence-electron chi connectivity index (χ0n) is 15.5. The standard InChI is InChI=1S/C21H18N2O4/c1-10-5-6-11(2)18-16(10)9-17(26-18)20-23-22-19(27-20)14-7-8-15(21(24)25)13(4)12(14)3/h5-9H,1-4H3,(H,24,25). The fourth-order valence-electron chi connectivity index (χ4n) is 3.21. The number of rotatable bonds is 3. The van der Waals surface area contributed by atoms with Crippen molar-refractivity contribution in [2.75, 3.05) is 0 Å². The molecule has 136 valence electrons. The minimum atomic E-state index is -0.957. The minimum absolute atomic E-state index is 0.263. The van der Waals surface area contributed by atoms with Crippen LogP contribution in [0.2, 0.25) is 0 Å². The lowest BCUT2D eigenvalue weighted by Crippen LogP contribution is -2.02. The maximum absolute atomic E-state index is 11.3. The Morgan fingerprint density at radius 1 is 0.889 bits per heavy atom. The molecule has 4 rings (SSSR count). The second-order valence-corrected chi connectivity index (χ2v) is 6.68. The Hall–Kier alpha value is -3.41. The molecule has 0 atom stereocenters. The lowest BCUT2D eigenvalue weighted by atomic mass is 9.98. The van der Waals surface area contributed by atoms with E-state index < -0.39 is 5.97 Å². The van der Waals surface area contributed by atoms with Crippen molar-refractivity contribution in [3.8, 4) is 23.1 Å². The van der Waals surface area contributed by atoms with Crippen LogP contribution in [0, 0.1) is 27.7 Å². The molecule has 0 aliphatic carbocycles. The van der Waals surface area contributed by atoms with Gasteiger partial charge in [0.25, 0.3) is 5.89 Å². The zero-order chi connectivity index (χ0) is 19.3. The number of aromatic nitrogens is 2. The monoisotopic (exact) mass is 362 g/mol. The molecular weight excluding hydrogens is 344 g/mol. The molecule has 0 saturated carbocycles. The Kier molecular flexibility index (Phi) is 3.84. The van der Waals surface area contributed by atoms with E-state index in [2.05, 4.69) is 10.2 Å². The zero-order valence-corrected chi connectivity index (χ0v) is 15.5. The van der Waals surface area contributed by atoms with Crippen molar-refractivity contribution >= 4 is 16.9 Å². The van der Waals surface area contributed by atoms with E-state index in [4.69, 9.17) is 8.83 Å². The van der Waals surface area contributed by atoms with E-state index in [1.54, 1.807) is 19.1 Å². The number of aryl methyl sites for hydroxylation is 2. The molecule has 0 amide bonds. The predicted molar refractivity (Wildman–Crippen MR) is 101 cm³/mol. The van der Waals surface area contributed by atoms with Gasteiger partial charge in [-0.25, -0.2) is 4.79 Å². The van der Waals surface area contributed by atoms with Crippen molar-refractivity contribution in [2.24, 2.45) is 0 Å². The fourth-order valence-corrected chi connectivity index (χ4v) is 3.21. The summed E-state index contributed by atoms with van der Waals surface area (Å²) in [6.45, 7) is 7.63. The topological polar surface area (TPSA) is 89.4 Å². The van der Waals surface area contributed by atoms with E-state index in [-0.39, 0.29) is 5.56 Å². The molecule has 2 heterocycles. The minimum Gasteiger partial charge on any atom is -0.478 e. The van der Waals surface area contributed by atoms with E-state index in [1.807, 2.05) is 39.0 Å². The maximum Gasteiger partial charge on any atom is 0.335 e. The summed E-state index contributed by atoms with van der Waals surface area (Å²) in [7, 11) is 0. The van der Waals surface area contributed by atoms with Crippen LogP contribution in [0.3, 0.4) is 0 Å². The summed E-state index contributed by atoms with van der Waals surface area (Å²) in [6, 6.07) is 9.21. The molecule has 0 spiro atoms. The molecular formula is C21H18N2O4. The molecule has 0 bridgehead atoms. The molecule has 0 unspecified atom stereocenters. The van der Waals surface area contributed by atoms with Crippen LogP contribution in [0.15, 0.2) is 39.2 Å². The van der Waals surface area contributed by atoms with E-state index in [9.17, 15) is 9.90 Å². The van der Waals surface area contributed by atoms with Gasteiger partial charge in [0.2, 0.25) is 5.89 Å². The van der Waals surface area contributed by atoms with Gasteiger partial charge in [-0.2, -0.15) is 0 Å². The molecule has 0 aliphatic heterocycles. The summed E-state index contributed by atoms with van der Waals surface area (Å²) < 4.78 is 11.8. The van der Waals surface area contributed by atoms with Crippen LogP contribution >= 0.6 is 0 Å². The van der Waals surface area contributed by atoms with Gasteiger partial charge < -0.3 is 13.9 Å². The Balaban J connectivity index is 1.79. The van der Waals surface area contributed by atoms with E-state index >= 15 is 0 Å². The first-order valence-electron chi connectivity index (χ1n) is 8.54. The molecule has 4 aromatic rings. The molecule has 0 fully saturated rings. The van der Waals surface area contributed by atoms with Crippen LogP contribution in [0.4, 0.5) is 0 Å². The second kappa shape index (κ2) is 6.09. The first kappa shape index (κ1) is 17.0. The Labute approximate surface area is 155 Å². The van der Waals surface area contributed by atoms with E-state index in [1.165, 1.54) is 0 Å². The van der Waals surface area contributed by atoms with Crippen molar-refractivity contribution < 1.29 is 18.7 Å². The van der Waals surface area contributed by atoms with Crippen molar-refractivity contribution in [2.45, 2.75) is 27.7 Å². The SMILES string of the molecule is Cc1c(C(=O)O)ccc(-c2nnc(-c3cc4c(C)ccc(C)c4o3)o2)c1C. The Morgan fingerprint density at radius 3 is 2.30 bits per heavy atom. The first-order chi connectivity index (χ1) is 12.9. The molecule has 2 aromatic carbocycles. The smallest absolute Gasteiger partial charge is 0.335 e. The summed E-state index contributed by atoms with van der Waals surface area (Å²) in [5.74, 6) is 0.176. The number of carboxylic acids is 1. The van der Waals surface area contributed by atoms with E-state index in [0.29, 0.717) is 28.7 Å². The number of hydrogen-bond donors (Lipinski definition) is 1. The van der Waals surface area contributed by atoms with Gasteiger partial charge in [0.15, 0.2) is 5.76 Å². The molecule has 0 aliphatic rings. The molecule has 0 saturated heterocycles. The van der Waals surface area contributed by atoms with Crippen LogP contribution < -0.4 is 0 Å². The summed E-state index contributed by atoms with van der Waals surface area (Å²) >= 11 is 0. The molecule has 2 aromatic heterocycles. The highest BCUT2D eigenvalue weighted by molar-refractivity contribution is 5.91. The number of hydrogen-bond acceptors (Lipinski definition) is 5. The molecule has 1 N–H and O–H groups in total. The largest absolute Gasteiger partial charge is 0.478 e. The number of carboxylic acid groups (broad SMARTS) is 1. The highest BCUT2D eigenvalue weighted by atomic mass is 16.4. The molecule has 27 heavy (non-hydrogen) atoms. The van der Waals surface area contributed by atoms with Crippen molar-refractivity contribution in [3.63, 3.8) is 0 Å². The number of carbonyl (C=O) groups is 1. The highest BCUT2D eigenvalue weighted by Crippen LogP contribution is 2.33. The molecule has 0 radical (unpaired) electrons. The van der Waals surface area contributed by atoms with Gasteiger partial charge in [0.1, 0.15) is 5.58 Å². The average molecular weight is 362 g/mol. The Morgan fingerprint density at radius 2 is 1.59 bits per heavy atom. The third-order valence-corrected chi connectivity index (χ3v) is 4.98. The van der Waals surface area contributed by atoms with Gasteiger partial charge >= 0.3 is 5.97 Å². The van der Waals surface area contributed by atoms with Crippen molar-refractivity contribution in [1.29, 1.82) is 0 Å². The fraction of sp³-hybridized carbons (Fsp3) is 0.190. The average Bonchev–Trinajstić information content (AvgIpc) is 3.27. The lowest BCUT2D eigenvalue weighted by Gasteiger charge is -2.08. The van der Waals surface area contributed by atoms with Gasteiger partial charge in [-0.3, -0.25) is 0 Å². The summed E-state index contributed by atoms with van der Waals surface area (Å²) in [5, 5.41) is 18.5. The summed E-state index contributed by atoms with van der Waals surface area (Å²) in [5.41, 5.74) is 5.40. The van der Waals surface area contributed by atoms with Gasteiger partial charge in [-0.15, -0.1) is 10.2 Å². The number of aromatic carboxylic acids is 1. The summed E-state index contributed by atoms with van der Waals surface area (Å²) in [6.07, 6.45) is 0. The van der Waals surface area contributed by atoms with Gasteiger partial charge in [-0.1, -0.05) is 12.1 Å². The quantitative estimate of drug-likeness (QED) is 0.546. The predicted octanol–water partition coefficient (Wildman–Crippen LogP) is 5.08. The third-order valence-electron chi connectivity index (χ3n) is 4.98. The van der Waals surface area contributed by atoms with E-state index in [0.717, 1.165) is 27.7 Å². The van der Waals surface area contributed by atoms with Crippen LogP contribution in [-0.2, 0) is 0 Å². The van der Waals surface area contributed by atoms with Crippen LogP contribution in [0.5, 0.6) is 0 Å². The number of nitrogens with zero attached hydrogens (tertiary/aromatic N) is 2. The Bertz CT molecular complexity index is 1160. The number of fused-ring (bicyclic) bond motifs is 1. The van der Waals surface area contributed by atoms with Crippen LogP contribution in [0.1, 0.15) is 32.6 Å². The third kappa shape index (κ3) is 2.70. The lowest BCUT2D eigenvalue weighted by molar-refractivity contribution is 0.0696. The van der Waals surface area contributed by atoms with Gasteiger partial charge in [-0.05, 0) is 68.1 Å². The first-order valence-corrected chi connectivity index (χ1v) is 8.54. The van der Waals surface area contributed by atoms with Crippen LogP contribution in [0.25, 0.3) is 34.1 Å². The summed E-state index contributed by atoms with van der Waals surface area (Å²) in [4.78, 5) is 11.3. The number of furan rings is 1. The molecule has 6 nitrogen and oxygen atoms in total. The number of benzene rings is 2. The second-order valence-electron chi connectivity index (χ2n) is 6.68. The van der Waals surface area contributed by atoms with Crippen LogP contribution in [-0.4, -0.2) is 21.3 Å². The van der Waals surface area contributed by atoms with Gasteiger partial charge in [0, 0.05) is 10.9 Å².